The maximum atomic E-state index is 11.9. The molecular formula is C14H29NO2. The van der Waals surface area contributed by atoms with E-state index in [-0.39, 0.29) is 23.3 Å². The van der Waals surface area contributed by atoms with Crippen LogP contribution in [0.2, 0.25) is 0 Å². The number of aliphatic hydroxyl groups is 1. The van der Waals surface area contributed by atoms with Crippen LogP contribution in [-0.2, 0) is 4.79 Å². The summed E-state index contributed by atoms with van der Waals surface area (Å²) in [5, 5.41) is 12.4. The van der Waals surface area contributed by atoms with Gasteiger partial charge in [0.1, 0.15) is 0 Å². The van der Waals surface area contributed by atoms with Crippen molar-refractivity contribution in [3.63, 3.8) is 0 Å². The van der Waals surface area contributed by atoms with Crippen molar-refractivity contribution < 1.29 is 9.90 Å². The summed E-state index contributed by atoms with van der Waals surface area (Å²) in [5.74, 6) is 0.0615. The molecule has 0 bridgehead atoms. The van der Waals surface area contributed by atoms with Crippen LogP contribution in [0.5, 0.6) is 0 Å². The van der Waals surface area contributed by atoms with Gasteiger partial charge in [0, 0.05) is 17.4 Å². The zero-order chi connectivity index (χ0) is 13.9. The Morgan fingerprint density at radius 3 is 1.88 bits per heavy atom. The molecule has 0 saturated heterocycles. The molecule has 102 valence electrons. The second kappa shape index (κ2) is 5.38. The SMILES string of the molecule is CC(C)(C)CCC(=O)NC(C)(C)C(C)(C)CO. The van der Waals surface area contributed by atoms with Gasteiger partial charge in [0.05, 0.1) is 6.61 Å². The lowest BCUT2D eigenvalue weighted by molar-refractivity contribution is -0.125. The van der Waals surface area contributed by atoms with Gasteiger partial charge in [-0.3, -0.25) is 4.79 Å². The average molecular weight is 243 g/mol. The molecule has 0 radical (unpaired) electrons. The van der Waals surface area contributed by atoms with Crippen LogP contribution in [0.4, 0.5) is 0 Å². The van der Waals surface area contributed by atoms with Crippen LogP contribution in [-0.4, -0.2) is 23.2 Å². The number of aliphatic hydroxyl groups excluding tert-OH is 1. The first-order valence-electron chi connectivity index (χ1n) is 6.33. The summed E-state index contributed by atoms with van der Waals surface area (Å²) in [6.45, 7) is 14.3. The molecule has 0 aliphatic heterocycles. The quantitative estimate of drug-likeness (QED) is 0.780. The third-order valence-electron chi connectivity index (χ3n) is 3.64. The van der Waals surface area contributed by atoms with Crippen molar-refractivity contribution in [3.8, 4) is 0 Å². The minimum Gasteiger partial charge on any atom is -0.396 e. The smallest absolute Gasteiger partial charge is 0.220 e. The zero-order valence-corrected chi connectivity index (χ0v) is 12.5. The summed E-state index contributed by atoms with van der Waals surface area (Å²) in [4.78, 5) is 11.9. The molecule has 1 amide bonds. The molecule has 0 aliphatic rings. The fourth-order valence-electron chi connectivity index (χ4n) is 1.27. The summed E-state index contributed by atoms with van der Waals surface area (Å²) in [6, 6.07) is 0. The monoisotopic (exact) mass is 243 g/mol. The van der Waals surface area contributed by atoms with E-state index in [0.29, 0.717) is 6.42 Å². The maximum absolute atomic E-state index is 11.9. The van der Waals surface area contributed by atoms with Gasteiger partial charge in [-0.15, -0.1) is 0 Å². The van der Waals surface area contributed by atoms with Gasteiger partial charge in [-0.05, 0) is 25.7 Å². The first-order chi connectivity index (χ1) is 7.41. The summed E-state index contributed by atoms with van der Waals surface area (Å²) in [7, 11) is 0. The fraction of sp³-hybridized carbons (Fsp3) is 0.929. The normalized spacial score (nSPS) is 13.6. The molecule has 3 nitrogen and oxygen atoms in total. The molecule has 0 unspecified atom stereocenters. The van der Waals surface area contributed by atoms with Crippen LogP contribution in [0, 0.1) is 10.8 Å². The molecule has 0 aromatic rings. The van der Waals surface area contributed by atoms with E-state index in [1.165, 1.54) is 0 Å². The lowest BCUT2D eigenvalue weighted by Crippen LogP contribution is -2.55. The number of nitrogens with one attached hydrogen (secondary N) is 1. The molecule has 0 fully saturated rings. The van der Waals surface area contributed by atoms with E-state index < -0.39 is 5.54 Å². The zero-order valence-electron chi connectivity index (χ0n) is 12.5. The topological polar surface area (TPSA) is 49.3 Å². The minimum atomic E-state index is -0.406. The second-order valence-electron chi connectivity index (χ2n) is 7.28. The highest BCUT2D eigenvalue weighted by molar-refractivity contribution is 5.76. The largest absolute Gasteiger partial charge is 0.396 e. The van der Waals surface area contributed by atoms with Crippen molar-refractivity contribution in [1.29, 1.82) is 0 Å². The van der Waals surface area contributed by atoms with E-state index in [9.17, 15) is 9.90 Å². The van der Waals surface area contributed by atoms with E-state index in [2.05, 4.69) is 26.1 Å². The Balaban J connectivity index is 4.39. The predicted octanol–water partition coefficient (Wildman–Crippen LogP) is 2.73. The van der Waals surface area contributed by atoms with Crippen molar-refractivity contribution in [1.82, 2.24) is 5.32 Å². The van der Waals surface area contributed by atoms with Crippen molar-refractivity contribution in [2.24, 2.45) is 10.8 Å². The van der Waals surface area contributed by atoms with Crippen molar-refractivity contribution in [3.05, 3.63) is 0 Å². The first kappa shape index (κ1) is 16.4. The van der Waals surface area contributed by atoms with Crippen molar-refractivity contribution in [2.75, 3.05) is 6.61 Å². The number of carbonyl (C=O) groups is 1. The number of hydrogen-bond acceptors (Lipinski definition) is 2. The molecule has 0 heterocycles. The highest BCUT2D eigenvalue weighted by atomic mass is 16.3. The molecule has 0 spiro atoms. The number of amides is 1. The van der Waals surface area contributed by atoms with Gasteiger partial charge in [-0.25, -0.2) is 0 Å². The van der Waals surface area contributed by atoms with Gasteiger partial charge < -0.3 is 10.4 Å². The van der Waals surface area contributed by atoms with Crippen LogP contribution in [0.3, 0.4) is 0 Å². The van der Waals surface area contributed by atoms with Gasteiger partial charge >= 0.3 is 0 Å². The molecular weight excluding hydrogens is 214 g/mol. The molecule has 0 rings (SSSR count). The minimum absolute atomic E-state index is 0.0551. The summed E-state index contributed by atoms with van der Waals surface area (Å²) in [6.07, 6.45) is 1.41. The van der Waals surface area contributed by atoms with Crippen LogP contribution >= 0.6 is 0 Å². The van der Waals surface area contributed by atoms with E-state index in [4.69, 9.17) is 0 Å². The lowest BCUT2D eigenvalue weighted by Gasteiger charge is -2.41. The van der Waals surface area contributed by atoms with Crippen LogP contribution in [0.1, 0.15) is 61.3 Å². The standard InChI is InChI=1S/C14H29NO2/c1-12(2,3)9-8-11(17)15-14(6,7)13(4,5)10-16/h16H,8-10H2,1-7H3,(H,15,17). The molecule has 0 aliphatic carbocycles. The fourth-order valence-corrected chi connectivity index (χ4v) is 1.27. The third kappa shape index (κ3) is 5.53. The number of carbonyl (C=O) groups excluding carboxylic acids is 1. The molecule has 0 saturated carbocycles. The predicted molar refractivity (Wildman–Crippen MR) is 71.8 cm³/mol. The number of rotatable bonds is 5. The van der Waals surface area contributed by atoms with Gasteiger partial charge in [0.25, 0.3) is 0 Å². The molecule has 0 aromatic carbocycles. The third-order valence-corrected chi connectivity index (χ3v) is 3.64. The van der Waals surface area contributed by atoms with Gasteiger partial charge in [0.15, 0.2) is 0 Å². The first-order valence-corrected chi connectivity index (χ1v) is 6.33. The Kier molecular flexibility index (Phi) is 5.20. The Morgan fingerprint density at radius 1 is 1.06 bits per heavy atom. The van der Waals surface area contributed by atoms with E-state index >= 15 is 0 Å². The Hall–Kier alpha value is -0.570. The molecule has 3 heteroatoms. The highest BCUT2D eigenvalue weighted by Crippen LogP contribution is 2.30. The Bertz CT molecular complexity index is 262. The average Bonchev–Trinajstić information content (AvgIpc) is 2.12. The summed E-state index contributed by atoms with van der Waals surface area (Å²) >= 11 is 0. The maximum Gasteiger partial charge on any atom is 0.220 e. The van der Waals surface area contributed by atoms with Crippen molar-refractivity contribution >= 4 is 5.91 Å². The summed E-state index contributed by atoms with van der Waals surface area (Å²) in [5.41, 5.74) is -0.560. The lowest BCUT2D eigenvalue weighted by atomic mass is 9.75. The van der Waals surface area contributed by atoms with Gasteiger partial charge in [-0.1, -0.05) is 34.6 Å². The van der Waals surface area contributed by atoms with E-state index in [1.54, 1.807) is 0 Å². The number of hydrogen-bond donors (Lipinski definition) is 2. The highest BCUT2D eigenvalue weighted by Gasteiger charge is 2.37. The van der Waals surface area contributed by atoms with Crippen molar-refractivity contribution in [2.45, 2.75) is 66.8 Å². The molecule has 17 heavy (non-hydrogen) atoms. The van der Waals surface area contributed by atoms with Gasteiger partial charge in [0.2, 0.25) is 5.91 Å². The second-order valence-corrected chi connectivity index (χ2v) is 7.28. The molecule has 0 atom stereocenters. The Labute approximate surface area is 106 Å². The van der Waals surface area contributed by atoms with E-state index in [0.717, 1.165) is 6.42 Å². The Morgan fingerprint density at radius 2 is 1.53 bits per heavy atom. The van der Waals surface area contributed by atoms with Crippen LogP contribution in [0.15, 0.2) is 0 Å². The van der Waals surface area contributed by atoms with E-state index in [1.807, 2.05) is 27.7 Å². The van der Waals surface area contributed by atoms with Crippen LogP contribution < -0.4 is 5.32 Å². The molecule has 0 aromatic heterocycles. The van der Waals surface area contributed by atoms with Crippen LogP contribution in [0.25, 0.3) is 0 Å². The molecule has 2 N–H and O–H groups in total. The summed E-state index contributed by atoms with van der Waals surface area (Å²) < 4.78 is 0. The van der Waals surface area contributed by atoms with Gasteiger partial charge in [-0.2, -0.15) is 0 Å².